The third-order valence-corrected chi connectivity index (χ3v) is 16.1. The van der Waals surface area contributed by atoms with Gasteiger partial charge in [0.1, 0.15) is 48.7 Å². The third-order valence-electron chi connectivity index (χ3n) is 16.1. The Morgan fingerprint density at radius 3 is 2.29 bits per heavy atom. The fourth-order valence-electron chi connectivity index (χ4n) is 12.9. The molecule has 0 spiro atoms. The molecule has 1 aromatic carbocycles. The van der Waals surface area contributed by atoms with Crippen LogP contribution in [0.2, 0.25) is 0 Å². The van der Waals surface area contributed by atoms with E-state index in [0.29, 0.717) is 24.5 Å². The highest BCUT2D eigenvalue weighted by atomic mass is 16.8. The smallest absolute Gasteiger partial charge is 0.338 e. The molecule has 3 heterocycles. The molecule has 3 saturated heterocycles. The first-order valence-corrected chi connectivity index (χ1v) is 22.5. The van der Waals surface area contributed by atoms with Crippen molar-refractivity contribution in [2.75, 3.05) is 13.7 Å². The molecule has 3 aliphatic heterocycles. The Morgan fingerprint density at radius 1 is 0.887 bits per heavy atom. The van der Waals surface area contributed by atoms with Crippen molar-refractivity contribution < 1.29 is 73.4 Å². The van der Waals surface area contributed by atoms with Gasteiger partial charge in [0.15, 0.2) is 25.0 Å². The number of fused-ring (bicyclic) bond motifs is 7. The van der Waals surface area contributed by atoms with Gasteiger partial charge in [-0.25, -0.2) is 4.79 Å². The zero-order valence-electron chi connectivity index (χ0n) is 36.5. The molecular weight excluding hydrogens is 805 g/mol. The number of rotatable bonds is 10. The molecule has 21 atom stereocenters. The lowest BCUT2D eigenvalue weighted by Gasteiger charge is -2.58. The van der Waals surface area contributed by atoms with Gasteiger partial charge >= 0.3 is 5.97 Å². The fourth-order valence-corrected chi connectivity index (χ4v) is 12.9. The summed E-state index contributed by atoms with van der Waals surface area (Å²) in [4.78, 5) is 26.3. The van der Waals surface area contributed by atoms with E-state index < -0.39 is 85.7 Å². The van der Waals surface area contributed by atoms with E-state index in [1.807, 2.05) is 13.8 Å². The summed E-state index contributed by atoms with van der Waals surface area (Å²) in [5, 5.41) is 65.8. The van der Waals surface area contributed by atoms with Crippen molar-refractivity contribution in [3.8, 4) is 5.75 Å². The van der Waals surface area contributed by atoms with Crippen LogP contribution in [-0.4, -0.2) is 137 Å². The number of aliphatic hydroxyl groups excluding tert-OH is 6. The van der Waals surface area contributed by atoms with E-state index in [1.54, 1.807) is 19.1 Å². The number of aldehydes is 1. The fraction of sp³-hybridized carbons (Fsp3) is 0.745. The maximum Gasteiger partial charge on any atom is 0.338 e. The Bertz CT molecular complexity index is 1830. The van der Waals surface area contributed by atoms with Gasteiger partial charge in [-0.15, -0.1) is 0 Å². The summed E-state index contributed by atoms with van der Waals surface area (Å²) >= 11 is 0. The number of ether oxygens (including phenoxy) is 7. The number of allylic oxidation sites excluding steroid dienone is 2. The van der Waals surface area contributed by atoms with Gasteiger partial charge in [-0.3, -0.25) is 0 Å². The molecule has 344 valence electrons. The number of hydrogen-bond acceptors (Lipinski definition) is 15. The molecule has 0 bridgehead atoms. The highest BCUT2D eigenvalue weighted by Crippen LogP contribution is 2.68. The van der Waals surface area contributed by atoms with Crippen molar-refractivity contribution in [3.05, 3.63) is 53.1 Å². The zero-order valence-corrected chi connectivity index (χ0v) is 36.5. The van der Waals surface area contributed by atoms with Crippen molar-refractivity contribution in [2.24, 2.45) is 46.3 Å². The highest BCUT2D eigenvalue weighted by molar-refractivity contribution is 5.89. The van der Waals surface area contributed by atoms with Crippen LogP contribution in [0.3, 0.4) is 0 Å². The molecular formula is C47H66O15. The SMILES string of the molecule is COc1ccc(C(=O)O[C@@H]2[C@@H](O)[C@@H](O)[C@H](O[C@H]3[C@H](O[C@H]4CC[C@@]5(C)C(=CC[C@H]6[C@@H]7C[C@@H]8O[C@@H](O)[C@H](C=C(C)C)[C@@H](C)[C@@H]8[C@@]7(C=O)CC[C@@H]65)C4)O[C@H](CO)[C@@H](O)[C@@H]3O)O[C@H]2C)cc1. The summed E-state index contributed by atoms with van der Waals surface area (Å²) in [6.07, 6.45) is -4.83. The topological polar surface area (TPSA) is 220 Å². The molecule has 6 N–H and O–H groups in total. The van der Waals surface area contributed by atoms with Crippen molar-refractivity contribution in [2.45, 2.75) is 159 Å². The average molecular weight is 871 g/mol. The van der Waals surface area contributed by atoms with Crippen LogP contribution in [0.1, 0.15) is 89.9 Å². The van der Waals surface area contributed by atoms with Gasteiger partial charge in [-0.05, 0) is 119 Å². The van der Waals surface area contributed by atoms with Crippen LogP contribution in [0.15, 0.2) is 47.6 Å². The number of aliphatic hydroxyl groups is 6. The predicted octanol–water partition coefficient (Wildman–Crippen LogP) is 3.20. The summed E-state index contributed by atoms with van der Waals surface area (Å²) < 4.78 is 41.7. The van der Waals surface area contributed by atoms with Crippen LogP contribution >= 0.6 is 0 Å². The first kappa shape index (κ1) is 45.8. The van der Waals surface area contributed by atoms with Crippen molar-refractivity contribution >= 4 is 12.3 Å². The van der Waals surface area contributed by atoms with Crippen molar-refractivity contribution in [1.29, 1.82) is 0 Å². The van der Waals surface area contributed by atoms with E-state index in [9.17, 15) is 40.2 Å². The molecule has 15 heteroatoms. The van der Waals surface area contributed by atoms with E-state index in [4.69, 9.17) is 33.2 Å². The Hall–Kier alpha value is -2.80. The van der Waals surface area contributed by atoms with E-state index in [2.05, 4.69) is 26.0 Å². The summed E-state index contributed by atoms with van der Waals surface area (Å²) in [7, 11) is 1.50. The number of benzene rings is 1. The molecule has 0 aromatic heterocycles. The standard InChI is InChI=1S/C47H66O15/c1-22(2)17-30-23(3)35-33(59-43(30)55)19-32-29-12-9-26-18-28(13-15-46(26,5)31(29)14-16-47(32,35)21-49)58-45-41(37(51)36(50)34(20-48)60-45)62-44-39(53)38(52)40(24(4)57-44)61-42(54)25-7-10-27(56-6)11-8-25/h7-11,17,21,23-24,28-41,43-45,48,50-53,55H,12-16,18-20H2,1-6H3/t23-,24+,28+,29-,30-,31+,32+,33+,34-,35+,36-,37+,38+,39-,40+,41-,43-,44+,45-,46+,47-/m1/s1. The van der Waals surface area contributed by atoms with Gasteiger partial charge in [-0.2, -0.15) is 0 Å². The molecule has 8 rings (SSSR count). The lowest BCUT2D eigenvalue weighted by atomic mass is 9.46. The van der Waals surface area contributed by atoms with E-state index in [-0.39, 0.29) is 52.8 Å². The minimum Gasteiger partial charge on any atom is -0.497 e. The van der Waals surface area contributed by atoms with Crippen LogP contribution in [0.5, 0.6) is 5.75 Å². The summed E-state index contributed by atoms with van der Waals surface area (Å²) in [5.74, 6) is 0.524. The van der Waals surface area contributed by atoms with E-state index in [0.717, 1.165) is 37.7 Å². The molecule has 15 nitrogen and oxygen atoms in total. The Morgan fingerprint density at radius 2 is 1.61 bits per heavy atom. The average Bonchev–Trinajstić information content (AvgIpc) is 3.59. The summed E-state index contributed by atoms with van der Waals surface area (Å²) in [5.41, 5.74) is 1.93. The monoisotopic (exact) mass is 870 g/mol. The molecule has 7 aliphatic rings. The highest BCUT2D eigenvalue weighted by Gasteiger charge is 2.66. The van der Waals surface area contributed by atoms with Gasteiger partial charge in [-0.1, -0.05) is 37.1 Å². The zero-order chi connectivity index (χ0) is 44.4. The first-order chi connectivity index (χ1) is 29.5. The maximum atomic E-state index is 13.4. The number of hydrogen-bond donors (Lipinski definition) is 6. The predicted molar refractivity (Wildman–Crippen MR) is 220 cm³/mol. The van der Waals surface area contributed by atoms with Crippen LogP contribution in [0.25, 0.3) is 0 Å². The molecule has 1 aromatic rings. The van der Waals surface area contributed by atoms with Gasteiger partial charge < -0.3 is 68.6 Å². The van der Waals surface area contributed by atoms with Crippen molar-refractivity contribution in [3.63, 3.8) is 0 Å². The molecule has 4 aliphatic carbocycles. The normalized spacial score (nSPS) is 47.4. The molecule has 3 saturated carbocycles. The van der Waals surface area contributed by atoms with Crippen LogP contribution in [0.4, 0.5) is 0 Å². The molecule has 0 radical (unpaired) electrons. The first-order valence-electron chi connectivity index (χ1n) is 22.5. The summed E-state index contributed by atoms with van der Waals surface area (Å²) in [6.45, 7) is 9.50. The second-order valence-corrected chi connectivity index (χ2v) is 19.6. The molecule has 0 amide bonds. The van der Waals surface area contributed by atoms with Crippen LogP contribution in [-0.2, 0) is 33.2 Å². The van der Waals surface area contributed by atoms with Gasteiger partial charge in [0, 0.05) is 17.3 Å². The number of carbonyl (C=O) groups excluding carboxylic acids is 2. The van der Waals surface area contributed by atoms with Gasteiger partial charge in [0.25, 0.3) is 0 Å². The van der Waals surface area contributed by atoms with E-state index in [1.165, 1.54) is 31.1 Å². The minimum absolute atomic E-state index is 0.0372. The third kappa shape index (κ3) is 7.90. The molecule has 6 fully saturated rings. The Labute approximate surface area is 363 Å². The summed E-state index contributed by atoms with van der Waals surface area (Å²) in [6, 6.07) is 6.19. The largest absolute Gasteiger partial charge is 0.497 e. The van der Waals surface area contributed by atoms with Gasteiger partial charge in [0.05, 0.1) is 37.6 Å². The Kier molecular flexibility index (Phi) is 13.2. The lowest BCUT2D eigenvalue weighted by molar-refractivity contribution is -0.369. The maximum absolute atomic E-state index is 13.4. The number of esters is 1. The quantitative estimate of drug-likeness (QED) is 0.113. The second-order valence-electron chi connectivity index (χ2n) is 19.6. The van der Waals surface area contributed by atoms with E-state index >= 15 is 0 Å². The minimum atomic E-state index is -1.74. The molecule has 0 unspecified atom stereocenters. The number of methoxy groups -OCH3 is 1. The lowest BCUT2D eigenvalue weighted by Crippen LogP contribution is -2.64. The number of carbonyl (C=O) groups is 2. The second kappa shape index (κ2) is 17.9. The van der Waals surface area contributed by atoms with Crippen molar-refractivity contribution in [1.82, 2.24) is 0 Å². The van der Waals surface area contributed by atoms with Crippen LogP contribution < -0.4 is 4.74 Å². The molecule has 62 heavy (non-hydrogen) atoms. The van der Waals surface area contributed by atoms with Gasteiger partial charge in [0.2, 0.25) is 0 Å². The Balaban J connectivity index is 0.952. The van der Waals surface area contributed by atoms with Crippen LogP contribution in [0, 0.1) is 46.3 Å².